The van der Waals surface area contributed by atoms with Crippen molar-refractivity contribution in [3.05, 3.63) is 29.8 Å². The molecule has 0 aliphatic carbocycles. The lowest BCUT2D eigenvalue weighted by molar-refractivity contribution is -0.122. The molecule has 0 bridgehead atoms. The molecule has 4 nitrogen and oxygen atoms in total. The van der Waals surface area contributed by atoms with Crippen molar-refractivity contribution >= 4 is 5.91 Å². The van der Waals surface area contributed by atoms with E-state index < -0.39 is 6.04 Å². The Morgan fingerprint density at radius 1 is 1.04 bits per heavy atom. The molecule has 23 heavy (non-hydrogen) atoms. The number of carbonyl (C=O) groups excluding carboxylic acids is 1. The second kappa shape index (κ2) is 11.9. The number of phenolic OH excluding ortho intramolecular Hbond substituents is 1. The van der Waals surface area contributed by atoms with Crippen LogP contribution in [0.3, 0.4) is 0 Å². The number of carbonyl (C=O) groups is 1. The summed E-state index contributed by atoms with van der Waals surface area (Å²) in [6, 6.07) is 6.27. The van der Waals surface area contributed by atoms with Gasteiger partial charge in [-0.1, -0.05) is 64.0 Å². The molecule has 0 aliphatic heterocycles. The molecule has 0 saturated heterocycles. The summed E-state index contributed by atoms with van der Waals surface area (Å²) in [6.45, 7) is 2.94. The number of aromatic hydroxyl groups is 1. The Bertz CT molecular complexity index is 432. The topological polar surface area (TPSA) is 75.4 Å². The van der Waals surface area contributed by atoms with Gasteiger partial charge >= 0.3 is 0 Å². The quantitative estimate of drug-likeness (QED) is 0.516. The third-order valence-corrected chi connectivity index (χ3v) is 4.06. The summed E-state index contributed by atoms with van der Waals surface area (Å²) < 4.78 is 0. The summed E-state index contributed by atoms with van der Waals surface area (Å²) in [5.41, 5.74) is 6.88. The number of amides is 1. The van der Waals surface area contributed by atoms with E-state index in [4.69, 9.17) is 5.73 Å². The zero-order valence-electron chi connectivity index (χ0n) is 14.4. The molecule has 0 aromatic heterocycles. The van der Waals surface area contributed by atoms with Crippen molar-refractivity contribution in [2.24, 2.45) is 5.73 Å². The van der Waals surface area contributed by atoms with Crippen molar-refractivity contribution in [3.8, 4) is 5.75 Å². The molecule has 4 N–H and O–H groups in total. The van der Waals surface area contributed by atoms with E-state index in [1.165, 1.54) is 44.9 Å². The summed E-state index contributed by atoms with van der Waals surface area (Å²) in [6.07, 6.45) is 10.5. The van der Waals surface area contributed by atoms with Gasteiger partial charge in [-0.3, -0.25) is 4.79 Å². The Hall–Kier alpha value is -1.55. The van der Waals surface area contributed by atoms with E-state index in [1.807, 2.05) is 0 Å². The van der Waals surface area contributed by atoms with Gasteiger partial charge in [-0.15, -0.1) is 0 Å². The highest BCUT2D eigenvalue weighted by atomic mass is 16.3. The Morgan fingerprint density at radius 3 is 2.22 bits per heavy atom. The highest BCUT2D eigenvalue weighted by molar-refractivity contribution is 5.81. The maximum Gasteiger partial charge on any atom is 0.237 e. The Morgan fingerprint density at radius 2 is 1.61 bits per heavy atom. The van der Waals surface area contributed by atoms with E-state index >= 15 is 0 Å². The van der Waals surface area contributed by atoms with E-state index in [1.54, 1.807) is 24.3 Å². The first-order valence-electron chi connectivity index (χ1n) is 8.94. The zero-order valence-corrected chi connectivity index (χ0v) is 14.4. The maximum absolute atomic E-state index is 11.9. The molecule has 130 valence electrons. The van der Waals surface area contributed by atoms with Crippen LogP contribution < -0.4 is 11.1 Å². The third kappa shape index (κ3) is 9.24. The van der Waals surface area contributed by atoms with Crippen molar-refractivity contribution < 1.29 is 9.90 Å². The molecule has 0 radical (unpaired) electrons. The summed E-state index contributed by atoms with van der Waals surface area (Å²) in [7, 11) is 0. The van der Waals surface area contributed by atoms with Crippen LogP contribution in [-0.2, 0) is 11.2 Å². The SMILES string of the molecule is CCCCCCCCCCNC(=O)C(N)Cc1ccc(O)cc1. The van der Waals surface area contributed by atoms with Gasteiger partial charge in [0.25, 0.3) is 0 Å². The summed E-state index contributed by atoms with van der Waals surface area (Å²) >= 11 is 0. The van der Waals surface area contributed by atoms with Crippen LogP contribution in [0.5, 0.6) is 5.75 Å². The number of hydrogen-bond acceptors (Lipinski definition) is 3. The molecule has 0 saturated carbocycles. The summed E-state index contributed by atoms with van der Waals surface area (Å²) in [5.74, 6) is 0.127. The number of benzene rings is 1. The van der Waals surface area contributed by atoms with E-state index in [0.29, 0.717) is 13.0 Å². The molecule has 0 heterocycles. The zero-order chi connectivity index (χ0) is 16.9. The molecule has 1 unspecified atom stereocenters. The lowest BCUT2D eigenvalue weighted by atomic mass is 10.1. The number of nitrogens with two attached hydrogens (primary N) is 1. The smallest absolute Gasteiger partial charge is 0.237 e. The van der Waals surface area contributed by atoms with Crippen LogP contribution in [-0.4, -0.2) is 23.6 Å². The molecule has 0 spiro atoms. The Labute approximate surface area is 140 Å². The van der Waals surface area contributed by atoms with Crippen LogP contribution >= 0.6 is 0 Å². The van der Waals surface area contributed by atoms with Crippen molar-refractivity contribution in [1.29, 1.82) is 0 Å². The van der Waals surface area contributed by atoms with E-state index in [0.717, 1.165) is 12.0 Å². The largest absolute Gasteiger partial charge is 0.508 e. The van der Waals surface area contributed by atoms with Gasteiger partial charge in [0.2, 0.25) is 5.91 Å². The first kappa shape index (κ1) is 19.5. The molecule has 1 aromatic carbocycles. The fourth-order valence-corrected chi connectivity index (χ4v) is 2.58. The van der Waals surface area contributed by atoms with Crippen LogP contribution in [0.1, 0.15) is 63.9 Å². The number of hydrogen-bond donors (Lipinski definition) is 3. The van der Waals surface area contributed by atoms with Crippen molar-refractivity contribution in [2.45, 2.75) is 70.8 Å². The number of unbranched alkanes of at least 4 members (excludes halogenated alkanes) is 7. The second-order valence-corrected chi connectivity index (χ2v) is 6.24. The minimum Gasteiger partial charge on any atom is -0.508 e. The highest BCUT2D eigenvalue weighted by Gasteiger charge is 2.13. The van der Waals surface area contributed by atoms with E-state index in [9.17, 15) is 9.90 Å². The van der Waals surface area contributed by atoms with Gasteiger partial charge in [-0.25, -0.2) is 0 Å². The number of rotatable bonds is 12. The standard InChI is InChI=1S/C19H32N2O2/c1-2-3-4-5-6-7-8-9-14-21-19(23)18(20)15-16-10-12-17(22)13-11-16/h10-13,18,22H,2-9,14-15,20H2,1H3,(H,21,23). The molecule has 1 atom stereocenters. The molecule has 1 rings (SSSR count). The highest BCUT2D eigenvalue weighted by Crippen LogP contribution is 2.11. The predicted octanol–water partition coefficient (Wildman–Crippen LogP) is 3.52. The lowest BCUT2D eigenvalue weighted by Gasteiger charge is -2.12. The van der Waals surface area contributed by atoms with Crippen molar-refractivity contribution in [3.63, 3.8) is 0 Å². The summed E-state index contributed by atoms with van der Waals surface area (Å²) in [4.78, 5) is 11.9. The van der Waals surface area contributed by atoms with Gasteiger partial charge in [0.15, 0.2) is 0 Å². The lowest BCUT2D eigenvalue weighted by Crippen LogP contribution is -2.42. The Balaban J connectivity index is 2.05. The van der Waals surface area contributed by atoms with Crippen LogP contribution in [0.2, 0.25) is 0 Å². The van der Waals surface area contributed by atoms with Crippen LogP contribution in [0.15, 0.2) is 24.3 Å². The average Bonchev–Trinajstić information content (AvgIpc) is 2.55. The first-order valence-corrected chi connectivity index (χ1v) is 8.94. The molecule has 0 fully saturated rings. The monoisotopic (exact) mass is 320 g/mol. The fraction of sp³-hybridized carbons (Fsp3) is 0.632. The molecule has 1 aromatic rings. The van der Waals surface area contributed by atoms with Crippen LogP contribution in [0, 0.1) is 0 Å². The molecular weight excluding hydrogens is 288 g/mol. The van der Waals surface area contributed by atoms with Gasteiger partial charge in [0, 0.05) is 6.54 Å². The van der Waals surface area contributed by atoms with Crippen molar-refractivity contribution in [2.75, 3.05) is 6.54 Å². The van der Waals surface area contributed by atoms with Crippen molar-refractivity contribution in [1.82, 2.24) is 5.32 Å². The van der Waals surface area contributed by atoms with Gasteiger partial charge in [0.1, 0.15) is 5.75 Å². The molecular formula is C19H32N2O2. The van der Waals surface area contributed by atoms with Gasteiger partial charge in [-0.2, -0.15) is 0 Å². The number of nitrogens with one attached hydrogen (secondary N) is 1. The third-order valence-electron chi connectivity index (χ3n) is 4.06. The maximum atomic E-state index is 11.9. The fourth-order valence-electron chi connectivity index (χ4n) is 2.58. The molecule has 0 aliphatic rings. The second-order valence-electron chi connectivity index (χ2n) is 6.24. The molecule has 4 heteroatoms. The van der Waals surface area contributed by atoms with Gasteiger partial charge < -0.3 is 16.2 Å². The molecule has 1 amide bonds. The first-order chi connectivity index (χ1) is 11.1. The van der Waals surface area contributed by atoms with E-state index in [2.05, 4.69) is 12.2 Å². The average molecular weight is 320 g/mol. The van der Waals surface area contributed by atoms with Gasteiger partial charge in [-0.05, 0) is 30.5 Å². The minimum absolute atomic E-state index is 0.0963. The predicted molar refractivity (Wildman–Crippen MR) is 95.4 cm³/mol. The summed E-state index contributed by atoms with van der Waals surface area (Å²) in [5, 5.41) is 12.1. The van der Waals surface area contributed by atoms with Gasteiger partial charge in [0.05, 0.1) is 6.04 Å². The normalized spacial score (nSPS) is 12.1. The number of phenols is 1. The van der Waals surface area contributed by atoms with Crippen LogP contribution in [0.4, 0.5) is 0 Å². The van der Waals surface area contributed by atoms with Crippen LogP contribution in [0.25, 0.3) is 0 Å². The van der Waals surface area contributed by atoms with E-state index in [-0.39, 0.29) is 11.7 Å². The minimum atomic E-state index is -0.534. The Kier molecular flexibility index (Phi) is 10.1.